The molecule has 0 unspecified atom stereocenters. The fourth-order valence-corrected chi connectivity index (χ4v) is 2.87. The van der Waals surface area contributed by atoms with Gasteiger partial charge >= 0.3 is 0 Å². The number of para-hydroxylation sites is 1. The Morgan fingerprint density at radius 3 is 2.68 bits per heavy atom. The summed E-state index contributed by atoms with van der Waals surface area (Å²) in [6.45, 7) is 0.674. The molecule has 0 saturated carbocycles. The van der Waals surface area contributed by atoms with Crippen molar-refractivity contribution in [1.82, 2.24) is 4.98 Å². The van der Waals surface area contributed by atoms with Crippen molar-refractivity contribution in [2.24, 2.45) is 0 Å². The van der Waals surface area contributed by atoms with Crippen LogP contribution in [0.2, 0.25) is 0 Å². The van der Waals surface area contributed by atoms with Crippen LogP contribution in [-0.2, 0) is 6.42 Å². The van der Waals surface area contributed by atoms with Crippen LogP contribution in [0.15, 0.2) is 65.4 Å². The topological polar surface area (TPSA) is 46.3 Å². The molecule has 108 valence electrons. The number of anilines is 1. The van der Waals surface area contributed by atoms with Crippen LogP contribution in [0.1, 0.15) is 16.1 Å². The third kappa shape index (κ3) is 2.00. The average molecular weight is 290 g/mol. The first kappa shape index (κ1) is 12.8. The summed E-state index contributed by atoms with van der Waals surface area (Å²) in [6, 6.07) is 17.6. The van der Waals surface area contributed by atoms with Crippen LogP contribution in [0.4, 0.5) is 5.69 Å². The maximum Gasteiger partial charge on any atom is 0.296 e. The number of carbonyl (C=O) groups is 1. The second-order valence-corrected chi connectivity index (χ2v) is 5.23. The number of benzene rings is 2. The van der Waals surface area contributed by atoms with Gasteiger partial charge in [0.15, 0.2) is 6.39 Å². The average Bonchev–Trinajstić information content (AvgIpc) is 3.22. The molecular weight excluding hydrogens is 276 g/mol. The highest BCUT2D eigenvalue weighted by Crippen LogP contribution is 2.31. The Hall–Kier alpha value is -2.88. The molecule has 2 aromatic carbocycles. The van der Waals surface area contributed by atoms with Gasteiger partial charge in [0.25, 0.3) is 5.91 Å². The fraction of sp³-hybridized carbons (Fsp3) is 0.111. The lowest BCUT2D eigenvalue weighted by molar-refractivity contribution is 0.0963. The summed E-state index contributed by atoms with van der Waals surface area (Å²) in [4.78, 5) is 18.8. The largest absolute Gasteiger partial charge is 0.438 e. The summed E-state index contributed by atoms with van der Waals surface area (Å²) in [5, 5.41) is 0. The summed E-state index contributed by atoms with van der Waals surface area (Å²) in [6.07, 6.45) is 2.20. The number of oxazole rings is 1. The first-order valence-corrected chi connectivity index (χ1v) is 7.23. The molecule has 4 heteroatoms. The summed E-state index contributed by atoms with van der Waals surface area (Å²) in [5.41, 5.74) is 3.63. The molecule has 0 N–H and O–H groups in total. The molecule has 2 heterocycles. The van der Waals surface area contributed by atoms with Crippen molar-refractivity contribution < 1.29 is 9.21 Å². The van der Waals surface area contributed by atoms with E-state index in [4.69, 9.17) is 4.42 Å². The van der Waals surface area contributed by atoms with E-state index >= 15 is 0 Å². The maximum absolute atomic E-state index is 12.9. The van der Waals surface area contributed by atoms with Crippen molar-refractivity contribution in [3.8, 4) is 11.3 Å². The highest BCUT2D eigenvalue weighted by atomic mass is 16.3. The second-order valence-electron chi connectivity index (χ2n) is 5.23. The van der Waals surface area contributed by atoms with Crippen LogP contribution < -0.4 is 4.90 Å². The van der Waals surface area contributed by atoms with Gasteiger partial charge in [-0.05, 0) is 18.1 Å². The molecule has 22 heavy (non-hydrogen) atoms. The second kappa shape index (κ2) is 5.15. The van der Waals surface area contributed by atoms with Gasteiger partial charge in [-0.1, -0.05) is 48.5 Å². The fourth-order valence-electron chi connectivity index (χ4n) is 2.87. The van der Waals surface area contributed by atoms with E-state index in [9.17, 15) is 4.79 Å². The number of hydrogen-bond donors (Lipinski definition) is 0. The molecule has 0 fully saturated rings. The molecule has 0 spiro atoms. The third-order valence-corrected chi connectivity index (χ3v) is 3.94. The predicted molar refractivity (Wildman–Crippen MR) is 83.8 cm³/mol. The maximum atomic E-state index is 12.9. The van der Waals surface area contributed by atoms with Crippen LogP contribution in [-0.4, -0.2) is 17.4 Å². The van der Waals surface area contributed by atoms with Crippen molar-refractivity contribution in [3.63, 3.8) is 0 Å². The quantitative estimate of drug-likeness (QED) is 0.725. The van der Waals surface area contributed by atoms with Crippen molar-refractivity contribution in [3.05, 3.63) is 72.3 Å². The minimum atomic E-state index is -0.138. The molecule has 0 saturated heterocycles. The third-order valence-electron chi connectivity index (χ3n) is 3.94. The number of nitrogens with zero attached hydrogens (tertiary/aromatic N) is 2. The van der Waals surface area contributed by atoms with E-state index in [-0.39, 0.29) is 5.91 Å². The van der Waals surface area contributed by atoms with Gasteiger partial charge in [0.1, 0.15) is 5.69 Å². The zero-order valence-corrected chi connectivity index (χ0v) is 11.9. The van der Waals surface area contributed by atoms with Gasteiger partial charge in [0.2, 0.25) is 5.76 Å². The van der Waals surface area contributed by atoms with Crippen LogP contribution >= 0.6 is 0 Å². The van der Waals surface area contributed by atoms with Crippen molar-refractivity contribution in [1.29, 1.82) is 0 Å². The molecule has 3 aromatic rings. The van der Waals surface area contributed by atoms with Crippen molar-refractivity contribution in [2.45, 2.75) is 6.42 Å². The predicted octanol–water partition coefficient (Wildman–Crippen LogP) is 3.54. The Labute approximate surface area is 128 Å². The molecular formula is C18H14N2O2. The van der Waals surface area contributed by atoms with E-state index < -0.39 is 0 Å². The van der Waals surface area contributed by atoms with E-state index in [1.807, 2.05) is 48.5 Å². The van der Waals surface area contributed by atoms with Gasteiger partial charge in [-0.15, -0.1) is 0 Å². The molecule has 1 amide bonds. The minimum absolute atomic E-state index is 0.138. The first-order valence-electron chi connectivity index (χ1n) is 7.23. The van der Waals surface area contributed by atoms with E-state index in [0.717, 1.165) is 17.7 Å². The Morgan fingerprint density at radius 1 is 1.05 bits per heavy atom. The Balaban J connectivity index is 1.73. The lowest BCUT2D eigenvalue weighted by atomic mass is 10.1. The normalized spacial score (nSPS) is 13.2. The van der Waals surface area contributed by atoms with Crippen LogP contribution in [0.5, 0.6) is 0 Å². The highest BCUT2D eigenvalue weighted by Gasteiger charge is 2.29. The van der Waals surface area contributed by atoms with Crippen LogP contribution in [0.25, 0.3) is 11.3 Å². The molecule has 0 atom stereocenters. The molecule has 1 aliphatic heterocycles. The molecule has 1 aromatic heterocycles. The number of carbonyl (C=O) groups excluding carboxylic acids is 1. The summed E-state index contributed by atoms with van der Waals surface area (Å²) < 4.78 is 5.41. The number of rotatable bonds is 2. The smallest absolute Gasteiger partial charge is 0.296 e. The highest BCUT2D eigenvalue weighted by molar-refractivity contribution is 6.08. The molecule has 4 nitrogen and oxygen atoms in total. The number of hydrogen-bond acceptors (Lipinski definition) is 3. The SMILES string of the molecule is O=C(c1ocnc1-c1ccccc1)N1CCc2ccccc21. The lowest BCUT2D eigenvalue weighted by Crippen LogP contribution is -2.28. The van der Waals surface area contributed by atoms with Crippen LogP contribution in [0, 0.1) is 0 Å². The Morgan fingerprint density at radius 2 is 1.82 bits per heavy atom. The van der Waals surface area contributed by atoms with Gasteiger partial charge in [0.05, 0.1) is 0 Å². The van der Waals surface area contributed by atoms with Crippen LogP contribution in [0.3, 0.4) is 0 Å². The Kier molecular flexibility index (Phi) is 3.00. The van der Waals surface area contributed by atoms with E-state index in [2.05, 4.69) is 11.1 Å². The van der Waals surface area contributed by atoms with Gasteiger partial charge < -0.3 is 9.32 Å². The lowest BCUT2D eigenvalue weighted by Gasteiger charge is -2.16. The van der Waals surface area contributed by atoms with E-state index in [0.29, 0.717) is 18.0 Å². The van der Waals surface area contributed by atoms with E-state index in [1.165, 1.54) is 12.0 Å². The first-order chi connectivity index (χ1) is 10.8. The van der Waals surface area contributed by atoms with Gasteiger partial charge in [-0.25, -0.2) is 4.98 Å². The molecule has 0 radical (unpaired) electrons. The zero-order valence-electron chi connectivity index (χ0n) is 11.9. The molecule has 1 aliphatic rings. The minimum Gasteiger partial charge on any atom is -0.438 e. The number of aromatic nitrogens is 1. The van der Waals surface area contributed by atoms with Gasteiger partial charge in [-0.2, -0.15) is 0 Å². The molecule has 4 rings (SSSR count). The number of fused-ring (bicyclic) bond motifs is 1. The van der Waals surface area contributed by atoms with Crippen molar-refractivity contribution in [2.75, 3.05) is 11.4 Å². The summed E-state index contributed by atoms with van der Waals surface area (Å²) >= 11 is 0. The summed E-state index contributed by atoms with van der Waals surface area (Å²) in [7, 11) is 0. The Bertz CT molecular complexity index is 824. The van der Waals surface area contributed by atoms with Gasteiger partial charge in [-0.3, -0.25) is 4.79 Å². The monoisotopic (exact) mass is 290 g/mol. The molecule has 0 aliphatic carbocycles. The summed E-state index contributed by atoms with van der Waals surface area (Å²) in [5.74, 6) is 0.157. The zero-order chi connectivity index (χ0) is 14.9. The molecule has 0 bridgehead atoms. The number of amides is 1. The van der Waals surface area contributed by atoms with Gasteiger partial charge in [0, 0.05) is 17.8 Å². The van der Waals surface area contributed by atoms with Crippen molar-refractivity contribution >= 4 is 11.6 Å². The standard InChI is InChI=1S/C18H14N2O2/c21-18(20-11-10-13-6-4-5-9-15(13)20)17-16(19-12-22-17)14-7-2-1-3-8-14/h1-9,12H,10-11H2. The van der Waals surface area contributed by atoms with E-state index in [1.54, 1.807) is 4.90 Å².